The molecule has 1 amide bonds. The molecule has 0 unspecified atom stereocenters. The van der Waals surface area contributed by atoms with Crippen LogP contribution in [0.15, 0.2) is 11.4 Å². The molecule has 0 aliphatic carbocycles. The van der Waals surface area contributed by atoms with Gasteiger partial charge in [0.25, 0.3) is 5.91 Å². The first kappa shape index (κ1) is 15.0. The van der Waals surface area contributed by atoms with E-state index in [0.717, 1.165) is 13.1 Å². The van der Waals surface area contributed by atoms with Crippen molar-refractivity contribution in [3.05, 3.63) is 17.0 Å². The van der Waals surface area contributed by atoms with E-state index in [1.165, 1.54) is 48.3 Å². The quantitative estimate of drug-likeness (QED) is 0.892. The molecule has 108 valence electrons. The Balaban J connectivity index is 1.95. The zero-order valence-corrected chi connectivity index (χ0v) is 12.8. The highest BCUT2D eigenvalue weighted by atomic mass is 32.1. The van der Waals surface area contributed by atoms with Gasteiger partial charge in [-0.15, -0.1) is 11.3 Å². The van der Waals surface area contributed by atoms with E-state index >= 15 is 0 Å². The van der Waals surface area contributed by atoms with Crippen LogP contribution in [0.1, 0.15) is 44.6 Å². The molecule has 1 aromatic rings. The fraction of sp³-hybridized carbons (Fsp3) is 0.600. The second kappa shape index (κ2) is 7.41. The van der Waals surface area contributed by atoms with Crippen LogP contribution < -0.4 is 10.2 Å². The summed E-state index contributed by atoms with van der Waals surface area (Å²) in [6.07, 6.45) is 6.29. The van der Waals surface area contributed by atoms with Crippen molar-refractivity contribution in [2.24, 2.45) is 0 Å². The summed E-state index contributed by atoms with van der Waals surface area (Å²) >= 11 is 1.41. The Hall–Kier alpha value is -1.38. The van der Waals surface area contributed by atoms with Gasteiger partial charge in [-0.3, -0.25) is 4.79 Å². The Bertz CT molecular complexity index is 484. The van der Waals surface area contributed by atoms with Crippen molar-refractivity contribution in [2.75, 3.05) is 18.4 Å². The zero-order valence-electron chi connectivity index (χ0n) is 11.9. The predicted octanol–water partition coefficient (Wildman–Crippen LogP) is 1.80. The van der Waals surface area contributed by atoms with Crippen LogP contribution in [-0.4, -0.2) is 25.0 Å². The first-order valence-corrected chi connectivity index (χ1v) is 8.23. The number of carbonyl (C=O) groups excluding carboxylic acids is 1. The Kier molecular flexibility index (Phi) is 5.57. The smallest absolute Gasteiger partial charge is 0.283 e. The molecule has 0 saturated carbocycles. The minimum Gasteiger partial charge on any atom is -0.325 e. The third kappa shape index (κ3) is 3.81. The largest absolute Gasteiger partial charge is 0.325 e. The molecule has 5 heteroatoms. The van der Waals surface area contributed by atoms with Crippen LogP contribution >= 0.6 is 11.3 Å². The molecule has 1 aliphatic heterocycles. The lowest BCUT2D eigenvalue weighted by molar-refractivity contribution is -0.914. The van der Waals surface area contributed by atoms with Crippen LogP contribution in [0, 0.1) is 11.3 Å². The fourth-order valence-corrected chi connectivity index (χ4v) is 3.43. The van der Waals surface area contributed by atoms with Crippen molar-refractivity contribution in [3.63, 3.8) is 0 Å². The minimum absolute atomic E-state index is 0.0273. The molecule has 2 rings (SSSR count). The average molecular weight is 292 g/mol. The number of hydrogen-bond donors (Lipinski definition) is 2. The van der Waals surface area contributed by atoms with Crippen molar-refractivity contribution in [3.8, 4) is 6.07 Å². The molecule has 1 aliphatic rings. The van der Waals surface area contributed by atoms with E-state index in [1.54, 1.807) is 6.07 Å². The highest BCUT2D eigenvalue weighted by Gasteiger charge is 2.26. The molecule has 0 radical (unpaired) electrons. The molecule has 1 aromatic heterocycles. The summed E-state index contributed by atoms with van der Waals surface area (Å²) in [7, 11) is 0. The maximum Gasteiger partial charge on any atom is 0.283 e. The molecule has 1 saturated heterocycles. The molecule has 1 fully saturated rings. The normalized spacial score (nSPS) is 18.6. The molecule has 0 bridgehead atoms. The van der Waals surface area contributed by atoms with E-state index in [9.17, 15) is 4.79 Å². The van der Waals surface area contributed by atoms with Crippen LogP contribution in [-0.2, 0) is 4.79 Å². The highest BCUT2D eigenvalue weighted by Crippen LogP contribution is 2.22. The molecular formula is C15H22N3OS+. The van der Waals surface area contributed by atoms with Crippen molar-refractivity contribution < 1.29 is 9.69 Å². The number of likely N-dealkylation sites (tertiary alicyclic amines) is 1. The van der Waals surface area contributed by atoms with Gasteiger partial charge >= 0.3 is 0 Å². The van der Waals surface area contributed by atoms with Gasteiger partial charge in [-0.2, -0.15) is 5.26 Å². The number of hydrogen-bond acceptors (Lipinski definition) is 3. The van der Waals surface area contributed by atoms with E-state index in [1.807, 2.05) is 12.3 Å². The summed E-state index contributed by atoms with van der Waals surface area (Å²) < 4.78 is 0. The van der Waals surface area contributed by atoms with Crippen LogP contribution in [0.2, 0.25) is 0 Å². The zero-order chi connectivity index (χ0) is 14.4. The van der Waals surface area contributed by atoms with E-state index < -0.39 is 0 Å². The number of nitrogens with one attached hydrogen (secondary N) is 2. The Labute approximate surface area is 124 Å². The van der Waals surface area contributed by atoms with Crippen molar-refractivity contribution in [1.82, 2.24) is 0 Å². The lowest BCUT2D eigenvalue weighted by Gasteiger charge is -2.26. The molecule has 2 heterocycles. The van der Waals surface area contributed by atoms with Crippen LogP contribution in [0.4, 0.5) is 5.00 Å². The topological polar surface area (TPSA) is 57.3 Å². The summed E-state index contributed by atoms with van der Waals surface area (Å²) in [6.45, 7) is 4.14. The SMILES string of the molecule is C[C@@H](C(=O)Nc1sccc1C#N)[NH+]1CCCCCCC1. The van der Waals surface area contributed by atoms with E-state index in [4.69, 9.17) is 5.26 Å². The molecule has 1 atom stereocenters. The Morgan fingerprint density at radius 1 is 1.35 bits per heavy atom. The van der Waals surface area contributed by atoms with E-state index in [2.05, 4.69) is 11.4 Å². The molecule has 2 N–H and O–H groups in total. The van der Waals surface area contributed by atoms with Crippen molar-refractivity contribution in [1.29, 1.82) is 5.26 Å². The predicted molar refractivity (Wildman–Crippen MR) is 80.9 cm³/mol. The van der Waals surface area contributed by atoms with Crippen molar-refractivity contribution in [2.45, 2.75) is 45.1 Å². The number of nitrogens with zero attached hydrogens (tertiary/aromatic N) is 1. The first-order valence-electron chi connectivity index (χ1n) is 7.35. The number of quaternary nitrogens is 1. The van der Waals surface area contributed by atoms with Crippen LogP contribution in [0.5, 0.6) is 0 Å². The summed E-state index contributed by atoms with van der Waals surface area (Å²) in [5.74, 6) is 0.0273. The number of anilines is 1. The number of rotatable bonds is 3. The number of amides is 1. The molecule has 0 aromatic carbocycles. The summed E-state index contributed by atoms with van der Waals surface area (Å²) in [5.41, 5.74) is 0.554. The van der Waals surface area contributed by atoms with Gasteiger partial charge < -0.3 is 10.2 Å². The monoisotopic (exact) mass is 292 g/mol. The fourth-order valence-electron chi connectivity index (χ4n) is 2.69. The van der Waals surface area contributed by atoms with Gasteiger partial charge in [0.15, 0.2) is 6.04 Å². The van der Waals surface area contributed by atoms with Gasteiger partial charge in [0.05, 0.1) is 18.7 Å². The van der Waals surface area contributed by atoms with Gasteiger partial charge in [0.2, 0.25) is 0 Å². The average Bonchev–Trinajstić information content (AvgIpc) is 2.85. The molecule has 20 heavy (non-hydrogen) atoms. The lowest BCUT2D eigenvalue weighted by Crippen LogP contribution is -3.16. The number of carbonyl (C=O) groups is 1. The lowest BCUT2D eigenvalue weighted by atomic mass is 10.1. The van der Waals surface area contributed by atoms with E-state index in [-0.39, 0.29) is 11.9 Å². The Morgan fingerprint density at radius 3 is 2.65 bits per heavy atom. The molecule has 0 spiro atoms. The van der Waals surface area contributed by atoms with Gasteiger partial charge in [-0.05, 0) is 44.1 Å². The van der Waals surface area contributed by atoms with Gasteiger partial charge in [0, 0.05) is 0 Å². The third-order valence-corrected chi connectivity index (χ3v) is 4.85. The highest BCUT2D eigenvalue weighted by molar-refractivity contribution is 7.14. The minimum atomic E-state index is -0.0539. The first-order chi connectivity index (χ1) is 9.72. The summed E-state index contributed by atoms with van der Waals surface area (Å²) in [5, 5.41) is 14.4. The van der Waals surface area contributed by atoms with Gasteiger partial charge in [-0.1, -0.05) is 6.42 Å². The standard InChI is InChI=1S/C15H21N3OS/c1-12(18-8-5-3-2-4-6-9-18)14(19)17-15-13(11-16)7-10-20-15/h7,10,12H,2-6,8-9H2,1H3,(H,17,19)/p+1/t12-/m0/s1. The van der Waals surface area contributed by atoms with Gasteiger partial charge in [-0.25, -0.2) is 0 Å². The van der Waals surface area contributed by atoms with Crippen molar-refractivity contribution >= 4 is 22.2 Å². The number of nitriles is 1. The number of thiophene rings is 1. The second-order valence-corrected chi connectivity index (χ2v) is 6.33. The third-order valence-electron chi connectivity index (χ3n) is 4.02. The summed E-state index contributed by atoms with van der Waals surface area (Å²) in [6, 6.07) is 3.80. The second-order valence-electron chi connectivity index (χ2n) is 5.41. The van der Waals surface area contributed by atoms with Crippen LogP contribution in [0.3, 0.4) is 0 Å². The van der Waals surface area contributed by atoms with E-state index in [0.29, 0.717) is 10.6 Å². The Morgan fingerprint density at radius 2 is 2.00 bits per heavy atom. The summed E-state index contributed by atoms with van der Waals surface area (Å²) in [4.78, 5) is 13.7. The van der Waals surface area contributed by atoms with Gasteiger partial charge in [0.1, 0.15) is 11.1 Å². The maximum absolute atomic E-state index is 12.3. The molecule has 4 nitrogen and oxygen atoms in total. The molecular weight excluding hydrogens is 270 g/mol. The maximum atomic E-state index is 12.3. The van der Waals surface area contributed by atoms with Crippen LogP contribution in [0.25, 0.3) is 0 Å².